The van der Waals surface area contributed by atoms with Gasteiger partial charge in [0.25, 0.3) is 0 Å². The van der Waals surface area contributed by atoms with E-state index in [-0.39, 0.29) is 17.5 Å². The van der Waals surface area contributed by atoms with Crippen LogP contribution in [-0.4, -0.2) is 31.4 Å². The molecule has 0 spiro atoms. The van der Waals surface area contributed by atoms with Crippen LogP contribution < -0.4 is 5.32 Å². The highest BCUT2D eigenvalue weighted by Gasteiger charge is 2.15. The first-order chi connectivity index (χ1) is 14.5. The number of anilines is 1. The Hall–Kier alpha value is -3.04. The molecule has 0 saturated heterocycles. The maximum atomic E-state index is 14.0. The van der Waals surface area contributed by atoms with Crippen molar-refractivity contribution in [1.82, 2.24) is 19.7 Å². The molecular weight excluding hydrogens is 421 g/mol. The number of thiazole rings is 1. The van der Waals surface area contributed by atoms with Crippen LogP contribution in [0.2, 0.25) is 0 Å². The zero-order valence-electron chi connectivity index (χ0n) is 16.3. The molecule has 2 heterocycles. The molecule has 2 aromatic heterocycles. The highest BCUT2D eigenvalue weighted by atomic mass is 32.2. The molecule has 0 unspecified atom stereocenters. The number of nitrogens with zero attached hydrogens (tertiary/aromatic N) is 4. The van der Waals surface area contributed by atoms with E-state index in [2.05, 4.69) is 20.5 Å². The normalized spacial score (nSPS) is 10.9. The van der Waals surface area contributed by atoms with Gasteiger partial charge in [0, 0.05) is 23.7 Å². The number of carbonyl (C=O) groups excluding carboxylic acids is 1. The number of carbonyl (C=O) groups is 1. The first-order valence-electron chi connectivity index (χ1n) is 9.11. The molecule has 1 N–H and O–H groups in total. The van der Waals surface area contributed by atoms with Crippen LogP contribution in [0.1, 0.15) is 5.01 Å². The van der Waals surface area contributed by atoms with Gasteiger partial charge in [0.2, 0.25) is 5.91 Å². The summed E-state index contributed by atoms with van der Waals surface area (Å²) in [4.78, 5) is 16.9. The Bertz CT molecular complexity index is 1200. The second kappa shape index (κ2) is 8.76. The molecule has 0 fully saturated rings. The number of benzene rings is 2. The van der Waals surface area contributed by atoms with E-state index >= 15 is 0 Å². The number of rotatable bonds is 6. The molecule has 4 rings (SSSR count). The maximum Gasteiger partial charge on any atom is 0.234 e. The minimum absolute atomic E-state index is 0.156. The van der Waals surface area contributed by atoms with Gasteiger partial charge in [-0.05, 0) is 31.2 Å². The Balaban J connectivity index is 1.41. The summed E-state index contributed by atoms with van der Waals surface area (Å²) in [5, 5.41) is 14.6. The van der Waals surface area contributed by atoms with Crippen molar-refractivity contribution in [1.29, 1.82) is 0 Å². The van der Waals surface area contributed by atoms with Crippen molar-refractivity contribution in [2.45, 2.75) is 12.1 Å². The topological polar surface area (TPSA) is 72.7 Å². The second-order valence-corrected chi connectivity index (χ2v) is 8.52. The molecule has 0 atom stereocenters. The van der Waals surface area contributed by atoms with Gasteiger partial charge in [-0.15, -0.1) is 21.5 Å². The fourth-order valence-electron chi connectivity index (χ4n) is 2.90. The highest BCUT2D eigenvalue weighted by molar-refractivity contribution is 7.99. The lowest BCUT2D eigenvalue weighted by molar-refractivity contribution is -0.113. The first kappa shape index (κ1) is 20.2. The van der Waals surface area contributed by atoms with E-state index in [1.807, 2.05) is 36.6 Å². The van der Waals surface area contributed by atoms with Gasteiger partial charge in [-0.2, -0.15) is 0 Å². The molecule has 0 aliphatic rings. The summed E-state index contributed by atoms with van der Waals surface area (Å²) >= 11 is 2.83. The molecule has 0 aliphatic heterocycles. The molecule has 0 bridgehead atoms. The number of halogens is 1. The van der Waals surface area contributed by atoms with Crippen molar-refractivity contribution in [2.75, 3.05) is 11.1 Å². The summed E-state index contributed by atoms with van der Waals surface area (Å²) in [5.74, 6) is 0.0466. The maximum absolute atomic E-state index is 14.0. The Kier molecular flexibility index (Phi) is 5.91. The Morgan fingerprint density at radius 3 is 2.80 bits per heavy atom. The number of hydrogen-bond acceptors (Lipinski definition) is 6. The van der Waals surface area contributed by atoms with E-state index in [4.69, 9.17) is 0 Å². The molecular formula is C21H18FN5OS2. The largest absolute Gasteiger partial charge is 0.325 e. The van der Waals surface area contributed by atoms with E-state index in [1.165, 1.54) is 17.8 Å². The average molecular weight is 440 g/mol. The van der Waals surface area contributed by atoms with Gasteiger partial charge in [0.15, 0.2) is 11.0 Å². The van der Waals surface area contributed by atoms with E-state index in [0.29, 0.717) is 22.2 Å². The molecule has 2 aromatic carbocycles. The van der Waals surface area contributed by atoms with Crippen LogP contribution in [0, 0.1) is 12.7 Å². The minimum atomic E-state index is -0.363. The standard InChI is InChI=1S/C21H18FN5OS2/c1-13-23-18(11-29-13)14-6-5-7-15(10-14)24-19(28)12-30-21-26-25-20(27(21)2)16-8-3-4-9-17(16)22/h3-11H,12H2,1-2H3,(H,24,28). The van der Waals surface area contributed by atoms with Crippen LogP contribution in [0.25, 0.3) is 22.6 Å². The van der Waals surface area contributed by atoms with Crippen LogP contribution >= 0.6 is 23.1 Å². The number of aromatic nitrogens is 4. The van der Waals surface area contributed by atoms with E-state index in [9.17, 15) is 9.18 Å². The summed E-state index contributed by atoms with van der Waals surface area (Å²) in [6.45, 7) is 1.96. The van der Waals surface area contributed by atoms with Gasteiger partial charge in [-0.3, -0.25) is 4.79 Å². The lowest BCUT2D eigenvalue weighted by Crippen LogP contribution is -2.14. The summed E-state index contributed by atoms with van der Waals surface area (Å²) < 4.78 is 15.7. The predicted molar refractivity (Wildman–Crippen MR) is 118 cm³/mol. The smallest absolute Gasteiger partial charge is 0.234 e. The summed E-state index contributed by atoms with van der Waals surface area (Å²) in [5.41, 5.74) is 2.92. The van der Waals surface area contributed by atoms with Gasteiger partial charge >= 0.3 is 0 Å². The molecule has 0 saturated carbocycles. The zero-order valence-corrected chi connectivity index (χ0v) is 17.9. The van der Waals surface area contributed by atoms with Crippen molar-refractivity contribution >= 4 is 34.7 Å². The van der Waals surface area contributed by atoms with Crippen molar-refractivity contribution in [2.24, 2.45) is 7.05 Å². The summed E-state index contributed by atoms with van der Waals surface area (Å²) in [7, 11) is 1.75. The Morgan fingerprint density at radius 2 is 2.03 bits per heavy atom. The first-order valence-corrected chi connectivity index (χ1v) is 11.0. The van der Waals surface area contributed by atoms with Gasteiger partial charge in [-0.1, -0.05) is 36.0 Å². The van der Waals surface area contributed by atoms with Crippen molar-refractivity contribution in [3.63, 3.8) is 0 Å². The molecule has 9 heteroatoms. The quantitative estimate of drug-likeness (QED) is 0.438. The fraction of sp³-hybridized carbons (Fsp3) is 0.143. The van der Waals surface area contributed by atoms with E-state index in [1.54, 1.807) is 41.2 Å². The summed E-state index contributed by atoms with van der Waals surface area (Å²) in [6.07, 6.45) is 0. The molecule has 152 valence electrons. The van der Waals surface area contributed by atoms with Crippen LogP contribution in [0.4, 0.5) is 10.1 Å². The second-order valence-electron chi connectivity index (χ2n) is 6.51. The third kappa shape index (κ3) is 4.42. The average Bonchev–Trinajstić information content (AvgIpc) is 3.33. The molecule has 30 heavy (non-hydrogen) atoms. The number of nitrogens with one attached hydrogen (secondary N) is 1. The van der Waals surface area contributed by atoms with Gasteiger partial charge < -0.3 is 9.88 Å². The number of hydrogen-bond donors (Lipinski definition) is 1. The van der Waals surface area contributed by atoms with Crippen molar-refractivity contribution in [3.8, 4) is 22.6 Å². The minimum Gasteiger partial charge on any atom is -0.325 e. The predicted octanol–water partition coefficient (Wildman–Crippen LogP) is 4.78. The molecule has 4 aromatic rings. The number of aryl methyl sites for hydroxylation is 1. The summed E-state index contributed by atoms with van der Waals surface area (Å²) in [6, 6.07) is 14.0. The van der Waals surface area contributed by atoms with Crippen LogP contribution in [0.5, 0.6) is 0 Å². The molecule has 0 aliphatic carbocycles. The SMILES string of the molecule is Cc1nc(-c2cccc(NC(=O)CSc3nnc(-c4ccccc4F)n3C)c2)cs1. The van der Waals surface area contributed by atoms with E-state index < -0.39 is 0 Å². The highest BCUT2D eigenvalue weighted by Crippen LogP contribution is 2.26. The number of amides is 1. The van der Waals surface area contributed by atoms with Crippen LogP contribution in [0.3, 0.4) is 0 Å². The lowest BCUT2D eigenvalue weighted by Gasteiger charge is -2.07. The fourth-order valence-corrected chi connectivity index (χ4v) is 4.23. The van der Waals surface area contributed by atoms with Gasteiger partial charge in [0.1, 0.15) is 5.82 Å². The lowest BCUT2D eigenvalue weighted by atomic mass is 10.1. The van der Waals surface area contributed by atoms with Gasteiger partial charge in [0.05, 0.1) is 22.0 Å². The molecule has 1 amide bonds. The van der Waals surface area contributed by atoms with Crippen LogP contribution in [-0.2, 0) is 11.8 Å². The zero-order chi connectivity index (χ0) is 21.1. The van der Waals surface area contributed by atoms with Crippen molar-refractivity contribution < 1.29 is 9.18 Å². The Morgan fingerprint density at radius 1 is 1.20 bits per heavy atom. The van der Waals surface area contributed by atoms with Gasteiger partial charge in [-0.25, -0.2) is 9.37 Å². The van der Waals surface area contributed by atoms with Crippen molar-refractivity contribution in [3.05, 3.63) is 64.7 Å². The monoisotopic (exact) mass is 439 g/mol. The number of thioether (sulfide) groups is 1. The third-order valence-electron chi connectivity index (χ3n) is 4.34. The third-order valence-corrected chi connectivity index (χ3v) is 6.14. The Labute approximate surface area is 181 Å². The molecule has 6 nitrogen and oxygen atoms in total. The molecule has 0 radical (unpaired) electrons. The van der Waals surface area contributed by atoms with E-state index in [0.717, 1.165) is 16.3 Å². The van der Waals surface area contributed by atoms with Crippen LogP contribution in [0.15, 0.2) is 59.1 Å².